The Bertz CT molecular complexity index is 621. The highest BCUT2D eigenvalue weighted by molar-refractivity contribution is 14.0. The monoisotopic (exact) mass is 525 g/mol. The zero-order valence-electron chi connectivity index (χ0n) is 18.1. The molecule has 1 aromatic rings. The van der Waals surface area contributed by atoms with Gasteiger partial charge in [-0.05, 0) is 27.7 Å². The van der Waals surface area contributed by atoms with Crippen LogP contribution in [0.2, 0.25) is 0 Å². The van der Waals surface area contributed by atoms with Gasteiger partial charge in [0.2, 0.25) is 0 Å². The molecular weight excluding hydrogens is 489 g/mol. The lowest BCUT2D eigenvalue weighted by Gasteiger charge is -2.19. The first-order valence-electron chi connectivity index (χ1n) is 9.45. The van der Waals surface area contributed by atoms with E-state index >= 15 is 0 Å². The van der Waals surface area contributed by atoms with Gasteiger partial charge >= 0.3 is 6.09 Å². The number of hydrogen-bond acceptors (Lipinski definition) is 5. The topological polar surface area (TPSA) is 87.6 Å². The number of thiazole rings is 1. The van der Waals surface area contributed by atoms with Crippen LogP contribution in [0.25, 0.3) is 0 Å². The van der Waals surface area contributed by atoms with E-state index in [0.29, 0.717) is 19.6 Å². The first-order valence-corrected chi connectivity index (χ1v) is 10.3. The van der Waals surface area contributed by atoms with E-state index in [1.165, 1.54) is 0 Å². The molecule has 0 spiro atoms. The van der Waals surface area contributed by atoms with Gasteiger partial charge in [-0.3, -0.25) is 4.99 Å². The average molecular weight is 526 g/mol. The van der Waals surface area contributed by atoms with E-state index in [9.17, 15) is 4.79 Å². The molecule has 0 aliphatic carbocycles. The third-order valence-electron chi connectivity index (χ3n) is 3.35. The molecule has 0 aliphatic heterocycles. The van der Waals surface area contributed by atoms with E-state index in [4.69, 9.17) is 9.72 Å². The Morgan fingerprint density at radius 1 is 1.14 bits per heavy atom. The summed E-state index contributed by atoms with van der Waals surface area (Å²) in [5.41, 5.74) is 0.719. The smallest absolute Gasteiger partial charge is 0.407 e. The molecule has 3 N–H and O–H groups in total. The minimum Gasteiger partial charge on any atom is -0.444 e. The molecule has 1 aromatic heterocycles. The van der Waals surface area contributed by atoms with Gasteiger partial charge in [-0.25, -0.2) is 9.78 Å². The number of nitrogens with zero attached hydrogens (tertiary/aromatic N) is 2. The minimum atomic E-state index is -0.490. The third kappa shape index (κ3) is 11.7. The Balaban J connectivity index is 0.00000729. The maximum absolute atomic E-state index is 11.6. The number of carbonyl (C=O) groups excluding carboxylic acids is 1. The summed E-state index contributed by atoms with van der Waals surface area (Å²) in [6, 6.07) is 0. The van der Waals surface area contributed by atoms with Crippen LogP contribution in [0, 0.1) is 0 Å². The standard InChI is InChI=1S/C19H35N5O2S.HI/c1-8-20-16(22-11-12-23-17(25)26-19(5,6)7)21-10-9-15-24-14(13-27-15)18(2,3)4;/h13H,8-12H2,1-7H3,(H,23,25)(H2,20,21,22);1H. The molecule has 1 heterocycles. The van der Waals surface area contributed by atoms with Crippen LogP contribution < -0.4 is 16.0 Å². The fourth-order valence-corrected chi connectivity index (χ4v) is 3.05. The van der Waals surface area contributed by atoms with Gasteiger partial charge in [0.05, 0.1) is 10.7 Å². The summed E-state index contributed by atoms with van der Waals surface area (Å²) in [5, 5.41) is 12.4. The van der Waals surface area contributed by atoms with Crippen LogP contribution in [0.15, 0.2) is 10.4 Å². The summed E-state index contributed by atoms with van der Waals surface area (Å²) in [5.74, 6) is 0.732. The maximum Gasteiger partial charge on any atom is 0.407 e. The van der Waals surface area contributed by atoms with Gasteiger partial charge < -0.3 is 20.7 Å². The molecular formula is C19H36IN5O2S. The number of carbonyl (C=O) groups is 1. The lowest BCUT2D eigenvalue weighted by Crippen LogP contribution is -2.42. The quantitative estimate of drug-likeness (QED) is 0.219. The second kappa shape index (κ2) is 12.5. The van der Waals surface area contributed by atoms with Gasteiger partial charge in [0.1, 0.15) is 5.60 Å². The molecule has 0 aromatic carbocycles. The van der Waals surface area contributed by atoms with Gasteiger partial charge in [-0.15, -0.1) is 35.3 Å². The lowest BCUT2D eigenvalue weighted by atomic mass is 9.93. The van der Waals surface area contributed by atoms with Gasteiger partial charge in [0.15, 0.2) is 5.96 Å². The number of rotatable bonds is 7. The highest BCUT2D eigenvalue weighted by Gasteiger charge is 2.17. The van der Waals surface area contributed by atoms with Crippen molar-refractivity contribution in [1.82, 2.24) is 20.9 Å². The predicted molar refractivity (Wildman–Crippen MR) is 128 cm³/mol. The third-order valence-corrected chi connectivity index (χ3v) is 4.25. The van der Waals surface area contributed by atoms with Crippen molar-refractivity contribution in [2.45, 2.75) is 65.9 Å². The molecule has 0 radical (unpaired) electrons. The summed E-state index contributed by atoms with van der Waals surface area (Å²) in [6.07, 6.45) is 0.401. The van der Waals surface area contributed by atoms with Gasteiger partial charge in [-0.2, -0.15) is 0 Å². The molecule has 0 unspecified atom stereocenters. The Kier molecular flexibility index (Phi) is 12.0. The SMILES string of the molecule is CCNC(=NCCc1nc(C(C)(C)C)cs1)NCCNC(=O)OC(C)(C)C.I. The Morgan fingerprint density at radius 2 is 1.79 bits per heavy atom. The largest absolute Gasteiger partial charge is 0.444 e. The second-order valence-corrected chi connectivity index (χ2v) is 9.19. The molecule has 0 aliphatic rings. The van der Waals surface area contributed by atoms with E-state index < -0.39 is 11.7 Å². The van der Waals surface area contributed by atoms with Crippen molar-refractivity contribution >= 4 is 47.4 Å². The van der Waals surface area contributed by atoms with Crippen molar-refractivity contribution in [3.05, 3.63) is 16.1 Å². The van der Waals surface area contributed by atoms with E-state index in [1.54, 1.807) is 11.3 Å². The number of aromatic nitrogens is 1. The number of alkyl carbamates (subject to hydrolysis) is 1. The number of ether oxygens (including phenoxy) is 1. The number of amides is 1. The number of hydrogen-bond donors (Lipinski definition) is 3. The second-order valence-electron chi connectivity index (χ2n) is 8.24. The molecule has 1 amide bonds. The zero-order chi connectivity index (χ0) is 20.5. The molecule has 1 rings (SSSR count). The van der Waals surface area contributed by atoms with E-state index in [2.05, 4.69) is 47.1 Å². The van der Waals surface area contributed by atoms with Crippen molar-refractivity contribution in [3.8, 4) is 0 Å². The van der Waals surface area contributed by atoms with Gasteiger partial charge in [0, 0.05) is 43.4 Å². The summed E-state index contributed by atoms with van der Waals surface area (Å²) >= 11 is 1.69. The average Bonchev–Trinajstić information content (AvgIpc) is 2.99. The molecule has 162 valence electrons. The molecule has 28 heavy (non-hydrogen) atoms. The Labute approximate surface area is 190 Å². The molecule has 0 fully saturated rings. The number of nitrogens with one attached hydrogen (secondary N) is 3. The van der Waals surface area contributed by atoms with Crippen LogP contribution in [-0.4, -0.2) is 48.8 Å². The van der Waals surface area contributed by atoms with Crippen LogP contribution in [0.1, 0.15) is 59.2 Å². The highest BCUT2D eigenvalue weighted by Crippen LogP contribution is 2.23. The van der Waals surface area contributed by atoms with Crippen LogP contribution in [0.5, 0.6) is 0 Å². The van der Waals surface area contributed by atoms with Crippen LogP contribution in [0.4, 0.5) is 4.79 Å². The summed E-state index contributed by atoms with van der Waals surface area (Å²) in [6.45, 7) is 16.5. The van der Waals surface area contributed by atoms with Crippen molar-refractivity contribution in [2.75, 3.05) is 26.2 Å². The van der Waals surface area contributed by atoms with E-state index in [-0.39, 0.29) is 29.4 Å². The summed E-state index contributed by atoms with van der Waals surface area (Å²) in [4.78, 5) is 20.9. The van der Waals surface area contributed by atoms with Crippen molar-refractivity contribution in [3.63, 3.8) is 0 Å². The first-order chi connectivity index (χ1) is 12.5. The fourth-order valence-electron chi connectivity index (χ4n) is 2.03. The van der Waals surface area contributed by atoms with Gasteiger partial charge in [0.25, 0.3) is 0 Å². The first kappa shape index (κ1) is 26.9. The maximum atomic E-state index is 11.6. The van der Waals surface area contributed by atoms with Crippen LogP contribution in [-0.2, 0) is 16.6 Å². The number of guanidine groups is 1. The molecule has 0 saturated heterocycles. The zero-order valence-corrected chi connectivity index (χ0v) is 21.3. The van der Waals surface area contributed by atoms with E-state index in [1.807, 2.05) is 27.7 Å². The van der Waals surface area contributed by atoms with Crippen molar-refractivity contribution < 1.29 is 9.53 Å². The van der Waals surface area contributed by atoms with Crippen LogP contribution in [0.3, 0.4) is 0 Å². The molecule has 9 heteroatoms. The number of halogens is 1. The molecule has 7 nitrogen and oxygen atoms in total. The lowest BCUT2D eigenvalue weighted by molar-refractivity contribution is 0.0529. The number of aliphatic imine (C=N–C) groups is 1. The Morgan fingerprint density at radius 3 is 2.32 bits per heavy atom. The minimum absolute atomic E-state index is 0. The van der Waals surface area contributed by atoms with Gasteiger partial charge in [-0.1, -0.05) is 20.8 Å². The normalized spacial score (nSPS) is 12.2. The molecule has 0 saturated carbocycles. The molecule has 0 bridgehead atoms. The summed E-state index contributed by atoms with van der Waals surface area (Å²) in [7, 11) is 0. The highest BCUT2D eigenvalue weighted by atomic mass is 127. The summed E-state index contributed by atoms with van der Waals surface area (Å²) < 4.78 is 5.20. The molecule has 0 atom stereocenters. The fraction of sp³-hybridized carbons (Fsp3) is 0.737. The predicted octanol–water partition coefficient (Wildman–Crippen LogP) is 3.68. The van der Waals surface area contributed by atoms with Crippen LogP contribution >= 0.6 is 35.3 Å². The Hall–Kier alpha value is -1.10. The van der Waals surface area contributed by atoms with Crippen molar-refractivity contribution in [2.24, 2.45) is 4.99 Å². The van der Waals surface area contributed by atoms with E-state index in [0.717, 1.165) is 29.6 Å². The van der Waals surface area contributed by atoms with Crippen molar-refractivity contribution in [1.29, 1.82) is 0 Å².